The van der Waals surface area contributed by atoms with E-state index in [-0.39, 0.29) is 0 Å². The van der Waals surface area contributed by atoms with Crippen molar-refractivity contribution in [2.24, 2.45) is 0 Å². The maximum absolute atomic E-state index is 4.40. The van der Waals surface area contributed by atoms with Crippen molar-refractivity contribution in [2.45, 2.75) is 20.4 Å². The Morgan fingerprint density at radius 1 is 0.950 bits per heavy atom. The van der Waals surface area contributed by atoms with Crippen molar-refractivity contribution in [2.75, 3.05) is 5.32 Å². The van der Waals surface area contributed by atoms with E-state index in [0.29, 0.717) is 0 Å². The largest absolute Gasteiger partial charge is 0.381 e. The highest BCUT2D eigenvalue weighted by Crippen LogP contribution is 2.21. The molecular formula is C18H18N2. The van der Waals surface area contributed by atoms with Gasteiger partial charge in [0.1, 0.15) is 0 Å². The first-order chi connectivity index (χ1) is 9.75. The van der Waals surface area contributed by atoms with E-state index in [2.05, 4.69) is 66.6 Å². The number of rotatable bonds is 3. The van der Waals surface area contributed by atoms with Gasteiger partial charge < -0.3 is 5.32 Å². The normalized spacial score (nSPS) is 10.7. The van der Waals surface area contributed by atoms with E-state index in [1.165, 1.54) is 27.8 Å². The average molecular weight is 262 g/mol. The topological polar surface area (TPSA) is 24.9 Å². The van der Waals surface area contributed by atoms with Gasteiger partial charge in [-0.05, 0) is 48.7 Å². The average Bonchev–Trinajstić information content (AvgIpc) is 2.49. The fourth-order valence-corrected chi connectivity index (χ4v) is 2.44. The Balaban J connectivity index is 1.89. The molecule has 2 heteroatoms. The summed E-state index contributed by atoms with van der Waals surface area (Å²) in [4.78, 5) is 4.40. The van der Waals surface area contributed by atoms with Gasteiger partial charge in [-0.3, -0.25) is 4.98 Å². The highest BCUT2D eigenvalue weighted by atomic mass is 14.9. The second-order valence-corrected chi connectivity index (χ2v) is 5.09. The van der Waals surface area contributed by atoms with Gasteiger partial charge in [0.2, 0.25) is 0 Å². The molecule has 0 aliphatic heterocycles. The van der Waals surface area contributed by atoms with Gasteiger partial charge >= 0.3 is 0 Å². The van der Waals surface area contributed by atoms with Gasteiger partial charge in [-0.1, -0.05) is 30.3 Å². The van der Waals surface area contributed by atoms with Crippen LogP contribution < -0.4 is 5.32 Å². The van der Waals surface area contributed by atoms with Gasteiger partial charge in [0.05, 0.1) is 5.52 Å². The number of aryl methyl sites for hydroxylation is 1. The Kier molecular flexibility index (Phi) is 3.38. The molecule has 0 saturated carbocycles. The second-order valence-electron chi connectivity index (χ2n) is 5.09. The van der Waals surface area contributed by atoms with Crippen LogP contribution in [0.25, 0.3) is 10.9 Å². The SMILES string of the molecule is Cc1cccc(NCc2ccnc3ccccc23)c1C. The number of nitrogens with one attached hydrogen (secondary N) is 1. The van der Waals surface area contributed by atoms with E-state index >= 15 is 0 Å². The van der Waals surface area contributed by atoms with E-state index in [0.717, 1.165) is 12.1 Å². The minimum Gasteiger partial charge on any atom is -0.381 e. The molecule has 2 aromatic carbocycles. The lowest BCUT2D eigenvalue weighted by Gasteiger charge is -2.12. The van der Waals surface area contributed by atoms with Gasteiger partial charge in [0.25, 0.3) is 0 Å². The van der Waals surface area contributed by atoms with E-state index < -0.39 is 0 Å². The molecule has 0 atom stereocenters. The first-order valence-corrected chi connectivity index (χ1v) is 6.88. The summed E-state index contributed by atoms with van der Waals surface area (Å²) in [5.74, 6) is 0. The van der Waals surface area contributed by atoms with Crippen molar-refractivity contribution in [3.63, 3.8) is 0 Å². The van der Waals surface area contributed by atoms with Crippen LogP contribution in [0, 0.1) is 13.8 Å². The number of fused-ring (bicyclic) bond motifs is 1. The molecule has 0 saturated heterocycles. The lowest BCUT2D eigenvalue weighted by atomic mass is 10.1. The van der Waals surface area contributed by atoms with Crippen molar-refractivity contribution in [3.05, 3.63) is 71.4 Å². The number of aromatic nitrogens is 1. The number of hydrogen-bond donors (Lipinski definition) is 1. The number of benzene rings is 2. The highest BCUT2D eigenvalue weighted by Gasteiger charge is 2.03. The van der Waals surface area contributed by atoms with Crippen LogP contribution in [0.4, 0.5) is 5.69 Å². The molecular weight excluding hydrogens is 244 g/mol. The maximum Gasteiger partial charge on any atom is 0.0705 e. The van der Waals surface area contributed by atoms with Gasteiger partial charge in [-0.25, -0.2) is 0 Å². The van der Waals surface area contributed by atoms with Crippen LogP contribution in [0.2, 0.25) is 0 Å². The zero-order valence-electron chi connectivity index (χ0n) is 11.9. The first kappa shape index (κ1) is 12.7. The summed E-state index contributed by atoms with van der Waals surface area (Å²) in [5, 5.41) is 4.75. The van der Waals surface area contributed by atoms with Crippen LogP contribution >= 0.6 is 0 Å². The highest BCUT2D eigenvalue weighted by molar-refractivity contribution is 5.82. The summed E-state index contributed by atoms with van der Waals surface area (Å²) in [5.41, 5.74) is 6.15. The number of hydrogen-bond acceptors (Lipinski definition) is 2. The maximum atomic E-state index is 4.40. The Labute approximate surface area is 119 Å². The predicted molar refractivity (Wildman–Crippen MR) is 85.0 cm³/mol. The third-order valence-electron chi connectivity index (χ3n) is 3.81. The Bertz CT molecular complexity index is 742. The standard InChI is InChI=1S/C18H18N2/c1-13-6-5-9-17(14(13)2)20-12-15-10-11-19-18-8-4-3-7-16(15)18/h3-11,20H,12H2,1-2H3. The Morgan fingerprint density at radius 3 is 2.70 bits per heavy atom. The second kappa shape index (κ2) is 5.33. The number of pyridine rings is 1. The fraction of sp³-hybridized carbons (Fsp3) is 0.167. The summed E-state index contributed by atoms with van der Waals surface area (Å²) in [7, 11) is 0. The molecule has 0 aliphatic carbocycles. The molecule has 0 amide bonds. The Hall–Kier alpha value is -2.35. The van der Waals surface area contributed by atoms with Crippen LogP contribution in [-0.2, 0) is 6.54 Å². The van der Waals surface area contributed by atoms with E-state index in [1.54, 1.807) is 0 Å². The zero-order valence-corrected chi connectivity index (χ0v) is 11.9. The molecule has 0 unspecified atom stereocenters. The van der Waals surface area contributed by atoms with Crippen molar-refractivity contribution >= 4 is 16.6 Å². The molecule has 1 heterocycles. The molecule has 0 radical (unpaired) electrons. The molecule has 2 nitrogen and oxygen atoms in total. The van der Waals surface area contributed by atoms with Crippen LogP contribution in [0.1, 0.15) is 16.7 Å². The molecule has 1 aromatic heterocycles. The van der Waals surface area contributed by atoms with Gasteiger partial charge in [-0.2, -0.15) is 0 Å². The molecule has 0 spiro atoms. The molecule has 0 fully saturated rings. The van der Waals surface area contributed by atoms with Crippen molar-refractivity contribution in [1.82, 2.24) is 4.98 Å². The van der Waals surface area contributed by atoms with Gasteiger partial charge in [-0.15, -0.1) is 0 Å². The molecule has 0 aliphatic rings. The van der Waals surface area contributed by atoms with Crippen LogP contribution in [0.15, 0.2) is 54.7 Å². The van der Waals surface area contributed by atoms with Crippen LogP contribution in [0.5, 0.6) is 0 Å². The van der Waals surface area contributed by atoms with E-state index in [9.17, 15) is 0 Å². The number of para-hydroxylation sites is 1. The number of nitrogens with zero attached hydrogens (tertiary/aromatic N) is 1. The minimum absolute atomic E-state index is 0.813. The summed E-state index contributed by atoms with van der Waals surface area (Å²) in [6, 6.07) is 16.7. The zero-order chi connectivity index (χ0) is 13.9. The van der Waals surface area contributed by atoms with E-state index in [4.69, 9.17) is 0 Å². The summed E-state index contributed by atoms with van der Waals surface area (Å²) in [6.45, 7) is 5.11. The molecule has 100 valence electrons. The van der Waals surface area contributed by atoms with Crippen molar-refractivity contribution in [3.8, 4) is 0 Å². The van der Waals surface area contributed by atoms with E-state index in [1.807, 2.05) is 12.3 Å². The lowest BCUT2D eigenvalue weighted by Crippen LogP contribution is -2.02. The Morgan fingerprint density at radius 2 is 1.80 bits per heavy atom. The quantitative estimate of drug-likeness (QED) is 0.753. The fourth-order valence-electron chi connectivity index (χ4n) is 2.44. The third-order valence-corrected chi connectivity index (χ3v) is 3.81. The monoisotopic (exact) mass is 262 g/mol. The summed E-state index contributed by atoms with van der Waals surface area (Å²) >= 11 is 0. The summed E-state index contributed by atoms with van der Waals surface area (Å²) < 4.78 is 0. The van der Waals surface area contributed by atoms with Gasteiger partial charge in [0.15, 0.2) is 0 Å². The first-order valence-electron chi connectivity index (χ1n) is 6.88. The van der Waals surface area contributed by atoms with Crippen molar-refractivity contribution < 1.29 is 0 Å². The van der Waals surface area contributed by atoms with Crippen molar-refractivity contribution in [1.29, 1.82) is 0 Å². The van der Waals surface area contributed by atoms with Gasteiger partial charge in [0, 0.05) is 23.8 Å². The van der Waals surface area contributed by atoms with Crippen LogP contribution in [-0.4, -0.2) is 4.98 Å². The lowest BCUT2D eigenvalue weighted by molar-refractivity contribution is 1.14. The molecule has 3 rings (SSSR count). The molecule has 20 heavy (non-hydrogen) atoms. The predicted octanol–water partition coefficient (Wildman–Crippen LogP) is 4.46. The number of anilines is 1. The molecule has 0 bridgehead atoms. The summed E-state index contributed by atoms with van der Waals surface area (Å²) in [6.07, 6.45) is 1.88. The van der Waals surface area contributed by atoms with Crippen LogP contribution in [0.3, 0.4) is 0 Å². The third kappa shape index (κ3) is 2.37. The smallest absolute Gasteiger partial charge is 0.0705 e. The molecule has 3 aromatic rings. The molecule has 1 N–H and O–H groups in total. The minimum atomic E-state index is 0.813.